The number of nitrogens with zero attached hydrogens (tertiary/aromatic N) is 4. The summed E-state index contributed by atoms with van der Waals surface area (Å²) >= 11 is 0. The van der Waals surface area contributed by atoms with Gasteiger partial charge < -0.3 is 15.7 Å². The number of ether oxygens (including phenoxy) is 1. The molecular weight excluding hydrogens is 354 g/mol. The first-order chi connectivity index (χ1) is 13.7. The van der Waals surface area contributed by atoms with Crippen LogP contribution in [0.25, 0.3) is 0 Å². The van der Waals surface area contributed by atoms with Crippen LogP contribution in [0.4, 0.5) is 0 Å². The van der Waals surface area contributed by atoms with Crippen LogP contribution in [0.2, 0.25) is 0 Å². The molecule has 0 unspecified atom stereocenters. The van der Waals surface area contributed by atoms with Crippen molar-refractivity contribution in [3.8, 4) is 11.5 Å². The van der Waals surface area contributed by atoms with E-state index in [0.717, 1.165) is 43.1 Å². The summed E-state index contributed by atoms with van der Waals surface area (Å²) in [5.74, 6) is 7.10. The molecule has 0 atom stereocenters. The minimum atomic E-state index is 0.333. The highest BCUT2D eigenvalue weighted by molar-refractivity contribution is 6.31. The van der Waals surface area contributed by atoms with Gasteiger partial charge in [-0.05, 0) is 61.7 Å². The lowest BCUT2D eigenvalue weighted by molar-refractivity contribution is 0.239. The van der Waals surface area contributed by atoms with Crippen molar-refractivity contribution in [2.24, 2.45) is 15.9 Å². The molecule has 7 nitrogen and oxygen atoms in total. The van der Waals surface area contributed by atoms with Crippen molar-refractivity contribution < 1.29 is 9.84 Å². The number of hydrazone groups is 1. The summed E-state index contributed by atoms with van der Waals surface area (Å²) < 4.78 is 5.10. The summed E-state index contributed by atoms with van der Waals surface area (Å²) in [6, 6.07) is 11.3. The zero-order valence-corrected chi connectivity index (χ0v) is 16.2. The first-order valence-corrected chi connectivity index (χ1v) is 9.44. The van der Waals surface area contributed by atoms with Gasteiger partial charge in [-0.15, -0.1) is 0 Å². The van der Waals surface area contributed by atoms with Gasteiger partial charge in [-0.3, -0.25) is 14.9 Å². The van der Waals surface area contributed by atoms with E-state index < -0.39 is 0 Å². The van der Waals surface area contributed by atoms with Crippen molar-refractivity contribution in [3.05, 3.63) is 53.9 Å². The monoisotopic (exact) mass is 381 g/mol. The van der Waals surface area contributed by atoms with E-state index >= 15 is 0 Å². The number of aromatic nitrogens is 1. The molecule has 0 amide bonds. The minimum Gasteiger partial charge on any atom is -0.508 e. The quantitative estimate of drug-likeness (QED) is 0.436. The number of likely N-dealkylation sites (tertiary alicyclic amines) is 1. The summed E-state index contributed by atoms with van der Waals surface area (Å²) in [6.45, 7) is 3.09. The molecule has 0 saturated carbocycles. The van der Waals surface area contributed by atoms with Crippen LogP contribution in [-0.2, 0) is 6.54 Å². The summed E-state index contributed by atoms with van der Waals surface area (Å²) in [7, 11) is 1.62. The topological polar surface area (TPSA) is 96.3 Å². The molecule has 1 aromatic heterocycles. The average molecular weight is 381 g/mol. The van der Waals surface area contributed by atoms with E-state index in [9.17, 15) is 5.11 Å². The Hall–Kier alpha value is -2.93. The second-order valence-electron chi connectivity index (χ2n) is 6.92. The Morgan fingerprint density at radius 2 is 2.14 bits per heavy atom. The van der Waals surface area contributed by atoms with E-state index in [1.807, 2.05) is 24.3 Å². The number of methoxy groups -OCH3 is 1. The standard InChI is InChI=1S/C21H27N5O2/c1-28-21-6-5-18(24-14-21)12-23-13-19(25-22)15-26-9-7-16(8-10-26)17-3-2-4-20(27)11-17/h2-6,11,13-14,16,27H,7-10,12,15,22H2,1H3. The highest BCUT2D eigenvalue weighted by Crippen LogP contribution is 2.29. The lowest BCUT2D eigenvalue weighted by atomic mass is 9.89. The number of pyridine rings is 1. The number of nitrogens with two attached hydrogens (primary N) is 1. The number of hydrogen-bond donors (Lipinski definition) is 2. The summed E-state index contributed by atoms with van der Waals surface area (Å²) in [4.78, 5) is 11.0. The number of rotatable bonds is 7. The lowest BCUT2D eigenvalue weighted by Crippen LogP contribution is -2.37. The molecular formula is C21H27N5O2. The predicted molar refractivity (Wildman–Crippen MR) is 111 cm³/mol. The number of piperidine rings is 1. The van der Waals surface area contributed by atoms with Crippen LogP contribution in [-0.4, -0.2) is 53.7 Å². The fourth-order valence-corrected chi connectivity index (χ4v) is 3.42. The molecule has 0 aliphatic carbocycles. The van der Waals surface area contributed by atoms with Gasteiger partial charge in [-0.1, -0.05) is 12.1 Å². The third-order valence-corrected chi connectivity index (χ3v) is 5.01. The van der Waals surface area contributed by atoms with Gasteiger partial charge >= 0.3 is 0 Å². The fraction of sp³-hybridized carbons (Fsp3) is 0.381. The van der Waals surface area contributed by atoms with Crippen molar-refractivity contribution in [2.75, 3.05) is 26.7 Å². The fourth-order valence-electron chi connectivity index (χ4n) is 3.42. The van der Waals surface area contributed by atoms with Crippen LogP contribution in [0, 0.1) is 0 Å². The van der Waals surface area contributed by atoms with Gasteiger partial charge in [0.05, 0.1) is 31.3 Å². The van der Waals surface area contributed by atoms with Gasteiger partial charge in [0, 0.05) is 12.8 Å². The zero-order valence-electron chi connectivity index (χ0n) is 16.2. The van der Waals surface area contributed by atoms with Gasteiger partial charge in [0.15, 0.2) is 0 Å². The first kappa shape index (κ1) is 19.8. The van der Waals surface area contributed by atoms with Crippen molar-refractivity contribution in [1.29, 1.82) is 0 Å². The van der Waals surface area contributed by atoms with Crippen LogP contribution < -0.4 is 10.6 Å². The van der Waals surface area contributed by atoms with Crippen LogP contribution in [0.3, 0.4) is 0 Å². The summed E-state index contributed by atoms with van der Waals surface area (Å²) in [6.07, 6.45) is 5.51. The third-order valence-electron chi connectivity index (χ3n) is 5.01. The zero-order chi connectivity index (χ0) is 19.8. The van der Waals surface area contributed by atoms with Gasteiger partial charge in [-0.2, -0.15) is 5.10 Å². The Labute approximate surface area is 165 Å². The van der Waals surface area contributed by atoms with E-state index in [2.05, 4.69) is 26.0 Å². The molecule has 0 spiro atoms. The Kier molecular flexibility index (Phi) is 6.97. The van der Waals surface area contributed by atoms with E-state index in [4.69, 9.17) is 10.6 Å². The first-order valence-electron chi connectivity index (χ1n) is 9.44. The molecule has 1 fully saturated rings. The maximum Gasteiger partial charge on any atom is 0.137 e. The number of hydrogen-bond acceptors (Lipinski definition) is 7. The summed E-state index contributed by atoms with van der Waals surface area (Å²) in [5, 5.41) is 13.6. The molecule has 7 heteroatoms. The lowest BCUT2D eigenvalue weighted by Gasteiger charge is -2.32. The maximum absolute atomic E-state index is 9.67. The van der Waals surface area contributed by atoms with E-state index in [1.165, 1.54) is 5.56 Å². The Morgan fingerprint density at radius 1 is 1.32 bits per heavy atom. The van der Waals surface area contributed by atoms with Crippen molar-refractivity contribution in [2.45, 2.75) is 25.3 Å². The molecule has 0 radical (unpaired) electrons. The molecule has 2 heterocycles. The molecule has 0 bridgehead atoms. The average Bonchev–Trinajstić information content (AvgIpc) is 2.74. The molecule has 1 aromatic carbocycles. The van der Waals surface area contributed by atoms with Gasteiger partial charge in [0.1, 0.15) is 11.5 Å². The minimum absolute atomic E-state index is 0.333. The molecule has 1 aliphatic heterocycles. The van der Waals surface area contributed by atoms with Gasteiger partial charge in [-0.25, -0.2) is 0 Å². The van der Waals surface area contributed by atoms with Crippen LogP contribution >= 0.6 is 0 Å². The van der Waals surface area contributed by atoms with Crippen molar-refractivity contribution in [1.82, 2.24) is 9.88 Å². The van der Waals surface area contributed by atoms with E-state index in [1.54, 1.807) is 25.6 Å². The Balaban J connectivity index is 1.47. The predicted octanol–water partition coefficient (Wildman–Crippen LogP) is 2.56. The Morgan fingerprint density at radius 3 is 2.79 bits per heavy atom. The van der Waals surface area contributed by atoms with E-state index in [0.29, 0.717) is 24.8 Å². The normalized spacial score (nSPS) is 16.5. The highest BCUT2D eigenvalue weighted by atomic mass is 16.5. The van der Waals surface area contributed by atoms with Crippen LogP contribution in [0.15, 0.2) is 52.7 Å². The third kappa shape index (κ3) is 5.53. The Bertz CT molecular complexity index is 812. The molecule has 2 aromatic rings. The molecule has 1 aliphatic rings. The number of aromatic hydroxyl groups is 1. The number of phenols is 1. The van der Waals surface area contributed by atoms with Crippen LogP contribution in [0.1, 0.15) is 30.0 Å². The maximum atomic E-state index is 9.67. The van der Waals surface area contributed by atoms with E-state index in [-0.39, 0.29) is 0 Å². The molecule has 28 heavy (non-hydrogen) atoms. The van der Waals surface area contributed by atoms with Gasteiger partial charge in [0.2, 0.25) is 0 Å². The largest absolute Gasteiger partial charge is 0.508 e. The number of benzene rings is 1. The molecule has 3 N–H and O–H groups in total. The SMILES string of the molecule is COc1ccc(CN=CC(CN2CCC(c3cccc(O)c3)CC2)=NN)nc1. The van der Waals surface area contributed by atoms with Crippen molar-refractivity contribution >= 4 is 11.9 Å². The number of aliphatic imine (C=N–C) groups is 1. The highest BCUT2D eigenvalue weighted by Gasteiger charge is 2.21. The smallest absolute Gasteiger partial charge is 0.137 e. The second kappa shape index (κ2) is 9.85. The second-order valence-corrected chi connectivity index (χ2v) is 6.92. The van der Waals surface area contributed by atoms with Gasteiger partial charge in [0.25, 0.3) is 0 Å². The molecule has 3 rings (SSSR count). The number of phenolic OH excluding ortho intramolecular Hbond substituents is 1. The van der Waals surface area contributed by atoms with Crippen LogP contribution in [0.5, 0.6) is 11.5 Å². The summed E-state index contributed by atoms with van der Waals surface area (Å²) in [5.41, 5.74) is 2.82. The van der Waals surface area contributed by atoms with Crippen molar-refractivity contribution in [3.63, 3.8) is 0 Å². The molecule has 1 saturated heterocycles. The molecule has 148 valence electrons.